The molecule has 1 heterocycles. The molecule has 0 aliphatic carbocycles. The number of hydrogen-bond acceptors (Lipinski definition) is 5. The second kappa shape index (κ2) is 7.56. The van der Waals surface area contributed by atoms with E-state index in [0.717, 1.165) is 5.56 Å². The van der Waals surface area contributed by atoms with Crippen LogP contribution in [0.4, 0.5) is 4.79 Å². The summed E-state index contributed by atoms with van der Waals surface area (Å²) in [6, 6.07) is 8.82. The number of aromatic nitrogens is 2. The van der Waals surface area contributed by atoms with Gasteiger partial charge < -0.3 is 20.3 Å². The number of carbonyl (C=O) groups is 1. The Kier molecular flexibility index (Phi) is 5.48. The number of urea groups is 1. The maximum atomic E-state index is 11.8. The zero-order chi connectivity index (χ0) is 15.9. The molecule has 22 heavy (non-hydrogen) atoms. The monoisotopic (exact) mass is 304 g/mol. The largest absolute Gasteiger partial charge is 0.388 e. The predicted molar refractivity (Wildman–Crippen MR) is 79.9 cm³/mol. The van der Waals surface area contributed by atoms with Gasteiger partial charge in [-0.15, -0.1) is 0 Å². The summed E-state index contributed by atoms with van der Waals surface area (Å²) in [6.45, 7) is 3.71. The van der Waals surface area contributed by atoms with Crippen molar-refractivity contribution in [2.45, 2.75) is 39.0 Å². The number of benzene rings is 1. The number of aryl methyl sites for hydroxylation is 1. The van der Waals surface area contributed by atoms with Crippen LogP contribution in [0.15, 0.2) is 34.9 Å². The molecule has 118 valence electrons. The molecule has 1 aromatic carbocycles. The minimum Gasteiger partial charge on any atom is -0.388 e. The molecule has 0 saturated carbocycles. The standard InChI is InChI=1S/C15H20N4O3/c1-10(8-13(20)12-6-4-3-5-7-12)17-15(21)16-9-14-18-11(2)19-22-14/h3-7,10,13,20H,8-9H2,1-2H3,(H2,16,17,21). The second-order valence-electron chi connectivity index (χ2n) is 5.13. The Morgan fingerprint density at radius 2 is 2.09 bits per heavy atom. The Balaban J connectivity index is 1.74. The van der Waals surface area contributed by atoms with Crippen molar-refractivity contribution in [1.29, 1.82) is 0 Å². The van der Waals surface area contributed by atoms with Crippen molar-refractivity contribution in [1.82, 2.24) is 20.8 Å². The summed E-state index contributed by atoms with van der Waals surface area (Å²) < 4.78 is 4.90. The number of amides is 2. The molecule has 2 aromatic rings. The van der Waals surface area contributed by atoms with E-state index in [4.69, 9.17) is 4.52 Å². The molecule has 0 aliphatic heterocycles. The van der Waals surface area contributed by atoms with Crippen LogP contribution in [0.3, 0.4) is 0 Å². The molecule has 2 unspecified atom stereocenters. The van der Waals surface area contributed by atoms with E-state index in [0.29, 0.717) is 18.1 Å². The molecule has 2 rings (SSSR count). The fourth-order valence-corrected chi connectivity index (χ4v) is 2.05. The Morgan fingerprint density at radius 1 is 1.36 bits per heavy atom. The van der Waals surface area contributed by atoms with E-state index in [1.54, 1.807) is 6.92 Å². The molecule has 0 aliphatic rings. The molecule has 0 saturated heterocycles. The van der Waals surface area contributed by atoms with Crippen molar-refractivity contribution in [3.05, 3.63) is 47.6 Å². The van der Waals surface area contributed by atoms with E-state index in [-0.39, 0.29) is 18.6 Å². The van der Waals surface area contributed by atoms with Gasteiger partial charge in [-0.05, 0) is 25.8 Å². The van der Waals surface area contributed by atoms with Gasteiger partial charge in [0.15, 0.2) is 5.82 Å². The lowest BCUT2D eigenvalue weighted by Crippen LogP contribution is -2.41. The van der Waals surface area contributed by atoms with Crippen LogP contribution in [0.2, 0.25) is 0 Å². The molecule has 3 N–H and O–H groups in total. The Hall–Kier alpha value is -2.41. The number of hydrogen-bond donors (Lipinski definition) is 3. The fourth-order valence-electron chi connectivity index (χ4n) is 2.05. The summed E-state index contributed by atoms with van der Waals surface area (Å²) in [4.78, 5) is 15.7. The van der Waals surface area contributed by atoms with Crippen LogP contribution in [-0.2, 0) is 6.54 Å². The number of nitrogens with zero attached hydrogens (tertiary/aromatic N) is 2. The normalized spacial score (nSPS) is 13.4. The summed E-state index contributed by atoms with van der Waals surface area (Å²) in [5, 5.41) is 19.1. The van der Waals surface area contributed by atoms with Gasteiger partial charge in [-0.3, -0.25) is 0 Å². The van der Waals surface area contributed by atoms with Crippen molar-refractivity contribution in [3.63, 3.8) is 0 Å². The summed E-state index contributed by atoms with van der Waals surface area (Å²) in [6.07, 6.45) is -0.188. The molecule has 7 heteroatoms. The Labute approximate surface area is 128 Å². The minimum atomic E-state index is -0.616. The number of nitrogens with one attached hydrogen (secondary N) is 2. The maximum Gasteiger partial charge on any atom is 0.315 e. The number of carbonyl (C=O) groups excluding carboxylic acids is 1. The van der Waals surface area contributed by atoms with E-state index in [1.165, 1.54) is 0 Å². The highest BCUT2D eigenvalue weighted by Crippen LogP contribution is 2.17. The van der Waals surface area contributed by atoms with Gasteiger partial charge in [0.05, 0.1) is 12.6 Å². The van der Waals surface area contributed by atoms with Crippen LogP contribution in [-0.4, -0.2) is 27.3 Å². The smallest absolute Gasteiger partial charge is 0.315 e. The number of rotatable bonds is 6. The lowest BCUT2D eigenvalue weighted by atomic mass is 10.0. The molecule has 0 radical (unpaired) electrons. The topological polar surface area (TPSA) is 100 Å². The van der Waals surface area contributed by atoms with Gasteiger partial charge in [-0.25, -0.2) is 4.79 Å². The zero-order valence-corrected chi connectivity index (χ0v) is 12.6. The van der Waals surface area contributed by atoms with Crippen LogP contribution in [0.25, 0.3) is 0 Å². The highest BCUT2D eigenvalue weighted by atomic mass is 16.5. The second-order valence-corrected chi connectivity index (χ2v) is 5.13. The summed E-state index contributed by atoms with van der Waals surface area (Å²) >= 11 is 0. The van der Waals surface area contributed by atoms with Gasteiger partial charge in [0, 0.05) is 6.04 Å². The molecule has 0 fully saturated rings. The highest BCUT2D eigenvalue weighted by Gasteiger charge is 2.14. The van der Waals surface area contributed by atoms with Crippen LogP contribution in [0.5, 0.6) is 0 Å². The van der Waals surface area contributed by atoms with E-state index in [1.807, 2.05) is 37.3 Å². The number of aliphatic hydroxyl groups is 1. The first-order valence-electron chi connectivity index (χ1n) is 7.11. The third kappa shape index (κ3) is 4.85. The first-order valence-corrected chi connectivity index (χ1v) is 7.11. The van der Waals surface area contributed by atoms with Crippen molar-refractivity contribution in [2.24, 2.45) is 0 Å². The number of aliphatic hydroxyl groups excluding tert-OH is 1. The third-order valence-corrected chi connectivity index (χ3v) is 3.11. The molecule has 0 spiro atoms. The fraction of sp³-hybridized carbons (Fsp3) is 0.400. The first-order chi connectivity index (χ1) is 10.5. The van der Waals surface area contributed by atoms with Crippen molar-refractivity contribution < 1.29 is 14.4 Å². The van der Waals surface area contributed by atoms with Gasteiger partial charge in [0.25, 0.3) is 0 Å². The van der Waals surface area contributed by atoms with Gasteiger partial charge in [0.1, 0.15) is 0 Å². The van der Waals surface area contributed by atoms with Crippen LogP contribution in [0.1, 0.15) is 36.7 Å². The summed E-state index contributed by atoms with van der Waals surface area (Å²) in [5.41, 5.74) is 0.831. The van der Waals surface area contributed by atoms with E-state index < -0.39 is 6.10 Å². The molecule has 1 aromatic heterocycles. The Morgan fingerprint density at radius 3 is 2.73 bits per heavy atom. The summed E-state index contributed by atoms with van der Waals surface area (Å²) in [5.74, 6) is 0.876. The first kappa shape index (κ1) is 16.0. The Bertz CT molecular complexity index is 600. The average Bonchev–Trinajstić information content (AvgIpc) is 2.91. The lowest BCUT2D eigenvalue weighted by molar-refractivity contribution is 0.154. The maximum absolute atomic E-state index is 11.8. The van der Waals surface area contributed by atoms with Gasteiger partial charge >= 0.3 is 6.03 Å². The highest BCUT2D eigenvalue weighted by molar-refractivity contribution is 5.74. The summed E-state index contributed by atoms with van der Waals surface area (Å²) in [7, 11) is 0. The predicted octanol–water partition coefficient (Wildman–Crippen LogP) is 1.69. The average molecular weight is 304 g/mol. The van der Waals surface area contributed by atoms with Gasteiger partial charge in [0.2, 0.25) is 5.89 Å². The molecule has 0 bridgehead atoms. The lowest BCUT2D eigenvalue weighted by Gasteiger charge is -2.18. The zero-order valence-electron chi connectivity index (χ0n) is 12.6. The van der Waals surface area contributed by atoms with Crippen molar-refractivity contribution >= 4 is 6.03 Å². The van der Waals surface area contributed by atoms with E-state index >= 15 is 0 Å². The van der Waals surface area contributed by atoms with Gasteiger partial charge in [-0.2, -0.15) is 4.98 Å². The van der Waals surface area contributed by atoms with E-state index in [2.05, 4.69) is 20.8 Å². The van der Waals surface area contributed by atoms with E-state index in [9.17, 15) is 9.90 Å². The molecular weight excluding hydrogens is 284 g/mol. The van der Waals surface area contributed by atoms with Crippen LogP contribution >= 0.6 is 0 Å². The third-order valence-electron chi connectivity index (χ3n) is 3.11. The van der Waals surface area contributed by atoms with Crippen molar-refractivity contribution in [2.75, 3.05) is 0 Å². The molecular formula is C15H20N4O3. The SMILES string of the molecule is Cc1noc(CNC(=O)NC(C)CC(O)c2ccccc2)n1. The minimum absolute atomic E-state index is 0.167. The van der Waals surface area contributed by atoms with Crippen LogP contribution in [0, 0.1) is 6.92 Å². The molecule has 2 amide bonds. The van der Waals surface area contributed by atoms with Crippen LogP contribution < -0.4 is 10.6 Å². The quantitative estimate of drug-likeness (QED) is 0.754. The molecule has 2 atom stereocenters. The van der Waals surface area contributed by atoms with Gasteiger partial charge in [-0.1, -0.05) is 35.5 Å². The molecule has 7 nitrogen and oxygen atoms in total. The van der Waals surface area contributed by atoms with Crippen molar-refractivity contribution in [3.8, 4) is 0 Å².